The fourth-order valence-electron chi connectivity index (χ4n) is 3.34. The molecular weight excluding hydrogens is 324 g/mol. The summed E-state index contributed by atoms with van der Waals surface area (Å²) in [6.07, 6.45) is 0.247. The number of benzene rings is 2. The standard InChI is InChI=1S/C22H26N2O2/c1-15-9-11-17(12-10-15)24-14-16(13-20(24)25)21(26)23-19-8-6-5-7-18(19)22(2,3)4/h5-12,16H,13-14H2,1-4H3,(H,23,26). The molecule has 0 aromatic heterocycles. The Morgan fingerprint density at radius 2 is 1.73 bits per heavy atom. The van der Waals surface area contributed by atoms with Gasteiger partial charge in [0, 0.05) is 24.3 Å². The molecule has 4 heteroatoms. The highest BCUT2D eigenvalue weighted by molar-refractivity contribution is 6.03. The predicted octanol–water partition coefficient (Wildman–Crippen LogP) is 4.28. The summed E-state index contributed by atoms with van der Waals surface area (Å²) in [7, 11) is 0. The van der Waals surface area contributed by atoms with Crippen molar-refractivity contribution in [2.45, 2.75) is 39.5 Å². The van der Waals surface area contributed by atoms with Crippen LogP contribution in [0.1, 0.15) is 38.3 Å². The maximum absolute atomic E-state index is 12.8. The van der Waals surface area contributed by atoms with Gasteiger partial charge in [0.25, 0.3) is 0 Å². The van der Waals surface area contributed by atoms with Crippen LogP contribution >= 0.6 is 0 Å². The van der Waals surface area contributed by atoms with Crippen molar-refractivity contribution in [1.82, 2.24) is 0 Å². The molecule has 3 rings (SSSR count). The van der Waals surface area contributed by atoms with Crippen LogP contribution in [0.25, 0.3) is 0 Å². The fraction of sp³-hybridized carbons (Fsp3) is 0.364. The molecule has 2 aromatic carbocycles. The highest BCUT2D eigenvalue weighted by Gasteiger charge is 2.35. The van der Waals surface area contributed by atoms with Crippen LogP contribution in [0.2, 0.25) is 0 Å². The first-order valence-electron chi connectivity index (χ1n) is 9.03. The fourth-order valence-corrected chi connectivity index (χ4v) is 3.34. The minimum atomic E-state index is -0.336. The van der Waals surface area contributed by atoms with E-state index in [0.717, 1.165) is 22.5 Å². The number of carbonyl (C=O) groups is 2. The van der Waals surface area contributed by atoms with Crippen molar-refractivity contribution in [3.8, 4) is 0 Å². The number of aryl methyl sites for hydroxylation is 1. The number of para-hydroxylation sites is 1. The highest BCUT2D eigenvalue weighted by Crippen LogP contribution is 2.31. The van der Waals surface area contributed by atoms with Gasteiger partial charge < -0.3 is 10.2 Å². The van der Waals surface area contributed by atoms with Crippen molar-refractivity contribution in [3.05, 3.63) is 59.7 Å². The zero-order valence-electron chi connectivity index (χ0n) is 15.9. The number of anilines is 2. The quantitative estimate of drug-likeness (QED) is 0.898. The molecule has 2 aromatic rings. The third-order valence-corrected chi connectivity index (χ3v) is 4.83. The van der Waals surface area contributed by atoms with Crippen molar-refractivity contribution in [2.75, 3.05) is 16.8 Å². The molecule has 0 saturated carbocycles. The Balaban J connectivity index is 1.74. The molecule has 0 bridgehead atoms. The van der Waals surface area contributed by atoms with Crippen molar-refractivity contribution in [3.63, 3.8) is 0 Å². The molecule has 26 heavy (non-hydrogen) atoms. The van der Waals surface area contributed by atoms with E-state index in [1.165, 1.54) is 0 Å². The van der Waals surface area contributed by atoms with E-state index in [1.54, 1.807) is 4.90 Å². The smallest absolute Gasteiger partial charge is 0.229 e. The van der Waals surface area contributed by atoms with Gasteiger partial charge in [0.1, 0.15) is 0 Å². The van der Waals surface area contributed by atoms with E-state index in [4.69, 9.17) is 0 Å². The topological polar surface area (TPSA) is 49.4 Å². The summed E-state index contributed by atoms with van der Waals surface area (Å²) in [5, 5.41) is 3.04. The number of hydrogen-bond acceptors (Lipinski definition) is 2. The summed E-state index contributed by atoms with van der Waals surface area (Å²) in [5.41, 5.74) is 3.85. The average molecular weight is 350 g/mol. The molecule has 1 atom stereocenters. The molecule has 0 spiro atoms. The molecule has 1 unspecified atom stereocenters. The van der Waals surface area contributed by atoms with E-state index in [1.807, 2.05) is 55.5 Å². The van der Waals surface area contributed by atoms with Gasteiger partial charge in [0.15, 0.2) is 0 Å². The van der Waals surface area contributed by atoms with Gasteiger partial charge >= 0.3 is 0 Å². The maximum Gasteiger partial charge on any atom is 0.229 e. The Hall–Kier alpha value is -2.62. The minimum Gasteiger partial charge on any atom is -0.326 e. The molecule has 1 saturated heterocycles. The van der Waals surface area contributed by atoms with Gasteiger partial charge in [0.05, 0.1) is 5.92 Å². The molecule has 1 aliphatic rings. The lowest BCUT2D eigenvalue weighted by Gasteiger charge is -2.23. The number of carbonyl (C=O) groups excluding carboxylic acids is 2. The van der Waals surface area contributed by atoms with Crippen LogP contribution in [0.15, 0.2) is 48.5 Å². The number of rotatable bonds is 3. The zero-order valence-corrected chi connectivity index (χ0v) is 15.9. The summed E-state index contributed by atoms with van der Waals surface area (Å²) < 4.78 is 0. The molecular formula is C22H26N2O2. The molecule has 1 fully saturated rings. The second-order valence-electron chi connectivity index (χ2n) is 8.03. The van der Waals surface area contributed by atoms with Gasteiger partial charge in [-0.15, -0.1) is 0 Å². The van der Waals surface area contributed by atoms with Crippen LogP contribution in [-0.4, -0.2) is 18.4 Å². The summed E-state index contributed by atoms with van der Waals surface area (Å²) in [4.78, 5) is 26.9. The van der Waals surface area contributed by atoms with Crippen LogP contribution in [0, 0.1) is 12.8 Å². The summed E-state index contributed by atoms with van der Waals surface area (Å²) >= 11 is 0. The van der Waals surface area contributed by atoms with Crippen molar-refractivity contribution >= 4 is 23.2 Å². The van der Waals surface area contributed by atoms with Crippen molar-refractivity contribution < 1.29 is 9.59 Å². The van der Waals surface area contributed by atoms with E-state index in [0.29, 0.717) is 6.54 Å². The Kier molecular flexibility index (Phi) is 4.86. The van der Waals surface area contributed by atoms with E-state index >= 15 is 0 Å². The van der Waals surface area contributed by atoms with Crippen LogP contribution in [-0.2, 0) is 15.0 Å². The van der Waals surface area contributed by atoms with E-state index in [9.17, 15) is 9.59 Å². The average Bonchev–Trinajstić information content (AvgIpc) is 2.97. The van der Waals surface area contributed by atoms with E-state index < -0.39 is 0 Å². The van der Waals surface area contributed by atoms with Crippen LogP contribution in [0.4, 0.5) is 11.4 Å². The summed E-state index contributed by atoms with van der Waals surface area (Å²) in [6, 6.07) is 15.7. The van der Waals surface area contributed by atoms with Crippen LogP contribution in [0.5, 0.6) is 0 Å². The van der Waals surface area contributed by atoms with Crippen molar-refractivity contribution in [1.29, 1.82) is 0 Å². The molecule has 1 N–H and O–H groups in total. The number of nitrogens with one attached hydrogen (secondary N) is 1. The highest BCUT2D eigenvalue weighted by atomic mass is 16.2. The first kappa shape index (κ1) is 18.2. The zero-order chi connectivity index (χ0) is 18.9. The van der Waals surface area contributed by atoms with Crippen molar-refractivity contribution in [2.24, 2.45) is 5.92 Å². The number of amides is 2. The lowest BCUT2D eigenvalue weighted by molar-refractivity contribution is -0.122. The Bertz CT molecular complexity index is 819. The lowest BCUT2D eigenvalue weighted by Crippen LogP contribution is -2.28. The lowest BCUT2D eigenvalue weighted by atomic mass is 9.85. The molecule has 1 aliphatic heterocycles. The second kappa shape index (κ2) is 6.94. The monoisotopic (exact) mass is 350 g/mol. The normalized spacial score (nSPS) is 17.5. The minimum absolute atomic E-state index is 0.00175. The van der Waals surface area contributed by atoms with E-state index in [-0.39, 0.29) is 29.6 Å². The van der Waals surface area contributed by atoms with Gasteiger partial charge in [-0.1, -0.05) is 56.7 Å². The second-order valence-corrected chi connectivity index (χ2v) is 8.03. The molecule has 1 heterocycles. The summed E-state index contributed by atoms with van der Waals surface area (Å²) in [6.45, 7) is 8.80. The SMILES string of the molecule is Cc1ccc(N2CC(C(=O)Nc3ccccc3C(C)(C)C)CC2=O)cc1. The van der Waals surface area contributed by atoms with Crippen LogP contribution in [0.3, 0.4) is 0 Å². The third-order valence-electron chi connectivity index (χ3n) is 4.83. The molecule has 136 valence electrons. The Labute approximate surface area is 155 Å². The van der Waals surface area contributed by atoms with E-state index in [2.05, 4.69) is 26.1 Å². The van der Waals surface area contributed by atoms with Gasteiger partial charge in [-0.25, -0.2) is 0 Å². The first-order valence-corrected chi connectivity index (χ1v) is 9.03. The number of hydrogen-bond donors (Lipinski definition) is 1. The van der Waals surface area contributed by atoms with Gasteiger partial charge in [-0.05, 0) is 36.1 Å². The third kappa shape index (κ3) is 3.79. The van der Waals surface area contributed by atoms with Gasteiger partial charge in [0.2, 0.25) is 11.8 Å². The maximum atomic E-state index is 12.8. The first-order chi connectivity index (χ1) is 12.3. The van der Waals surface area contributed by atoms with Gasteiger partial charge in [-0.3, -0.25) is 9.59 Å². The largest absolute Gasteiger partial charge is 0.326 e. The molecule has 4 nitrogen and oxygen atoms in total. The Morgan fingerprint density at radius 3 is 2.38 bits per heavy atom. The molecule has 0 radical (unpaired) electrons. The molecule has 2 amide bonds. The number of nitrogens with zero attached hydrogens (tertiary/aromatic N) is 1. The van der Waals surface area contributed by atoms with Gasteiger partial charge in [-0.2, -0.15) is 0 Å². The predicted molar refractivity (Wildman–Crippen MR) is 105 cm³/mol. The molecule has 0 aliphatic carbocycles. The van der Waals surface area contributed by atoms with Crippen LogP contribution < -0.4 is 10.2 Å². The summed E-state index contributed by atoms with van der Waals surface area (Å²) in [5.74, 6) is -0.431. The Morgan fingerprint density at radius 1 is 1.08 bits per heavy atom.